The van der Waals surface area contributed by atoms with E-state index in [0.717, 1.165) is 5.69 Å². The molecule has 0 atom stereocenters. The minimum atomic E-state index is 1.06. The molecule has 2 aliphatic rings. The highest BCUT2D eigenvalue weighted by molar-refractivity contribution is 6.22. The number of benzene rings is 6. The minimum Gasteiger partial charge on any atom is -0.308 e. The average molecular weight is 469 g/mol. The van der Waals surface area contributed by atoms with Crippen molar-refractivity contribution in [3.63, 3.8) is 0 Å². The van der Waals surface area contributed by atoms with Crippen LogP contribution in [0, 0.1) is 0 Å². The van der Waals surface area contributed by atoms with Crippen LogP contribution in [0.3, 0.4) is 0 Å². The van der Waals surface area contributed by atoms with Gasteiger partial charge in [0, 0.05) is 28.3 Å². The van der Waals surface area contributed by atoms with Gasteiger partial charge in [0.05, 0.1) is 22.8 Å². The van der Waals surface area contributed by atoms with Crippen LogP contribution in [0.15, 0.2) is 121 Å². The van der Waals surface area contributed by atoms with Crippen LogP contribution in [0.25, 0.3) is 65.8 Å². The van der Waals surface area contributed by atoms with Gasteiger partial charge in [-0.3, -0.25) is 4.98 Å². The molecule has 3 heterocycles. The molecule has 0 N–H and O–H groups in total. The van der Waals surface area contributed by atoms with Crippen LogP contribution in [0.2, 0.25) is 0 Å². The van der Waals surface area contributed by atoms with Gasteiger partial charge in [0.1, 0.15) is 0 Å². The predicted octanol–water partition coefficient (Wildman–Crippen LogP) is 9.64. The normalized spacial score (nSPS) is 12.8. The molecule has 0 amide bonds. The van der Waals surface area contributed by atoms with Crippen molar-refractivity contribution >= 4 is 49.4 Å². The summed E-state index contributed by atoms with van der Waals surface area (Å²) in [6.45, 7) is 0. The smallest absolute Gasteiger partial charge is 0.0822 e. The first kappa shape index (κ1) is 19.3. The number of pyridine rings is 1. The van der Waals surface area contributed by atoms with Gasteiger partial charge in [0.2, 0.25) is 0 Å². The molecule has 2 aliphatic heterocycles. The topological polar surface area (TPSA) is 16.1 Å². The van der Waals surface area contributed by atoms with Crippen LogP contribution in [-0.2, 0) is 0 Å². The highest BCUT2D eigenvalue weighted by Gasteiger charge is 2.33. The number of aromatic nitrogens is 1. The summed E-state index contributed by atoms with van der Waals surface area (Å²) < 4.78 is 0. The van der Waals surface area contributed by atoms with E-state index in [2.05, 4.69) is 120 Å². The van der Waals surface area contributed by atoms with Gasteiger partial charge in [0.25, 0.3) is 0 Å². The van der Waals surface area contributed by atoms with E-state index in [0.29, 0.717) is 0 Å². The maximum absolute atomic E-state index is 5.00. The van der Waals surface area contributed by atoms with Crippen molar-refractivity contribution in [2.24, 2.45) is 0 Å². The molecule has 0 bridgehead atoms. The van der Waals surface area contributed by atoms with Gasteiger partial charge in [-0.2, -0.15) is 0 Å². The fourth-order valence-corrected chi connectivity index (χ4v) is 6.56. The number of nitrogens with zero attached hydrogens (tertiary/aromatic N) is 2. The minimum absolute atomic E-state index is 1.06. The van der Waals surface area contributed by atoms with E-state index < -0.39 is 0 Å². The van der Waals surface area contributed by atoms with Crippen molar-refractivity contribution in [3.05, 3.63) is 121 Å². The maximum Gasteiger partial charge on any atom is 0.0822 e. The largest absolute Gasteiger partial charge is 0.308 e. The molecule has 0 saturated carbocycles. The Bertz CT molecular complexity index is 2100. The van der Waals surface area contributed by atoms with Crippen LogP contribution in [-0.4, -0.2) is 4.98 Å². The second-order valence-electron chi connectivity index (χ2n) is 10.00. The number of fused-ring (bicyclic) bond motifs is 8. The fraction of sp³-hybridized carbons (Fsp3) is 0. The molecule has 0 spiro atoms. The van der Waals surface area contributed by atoms with Crippen LogP contribution in [0.5, 0.6) is 0 Å². The molecule has 0 unspecified atom stereocenters. The maximum atomic E-state index is 5.00. The Morgan fingerprint density at radius 2 is 1.11 bits per heavy atom. The average Bonchev–Trinajstić information content (AvgIpc) is 2.95. The van der Waals surface area contributed by atoms with E-state index in [1.807, 2.05) is 6.20 Å². The number of anilines is 3. The summed E-state index contributed by atoms with van der Waals surface area (Å²) in [7, 11) is 0. The van der Waals surface area contributed by atoms with E-state index in [-0.39, 0.29) is 0 Å². The summed E-state index contributed by atoms with van der Waals surface area (Å²) in [5.41, 5.74) is 10.9. The quantitative estimate of drug-likeness (QED) is 0.220. The summed E-state index contributed by atoms with van der Waals surface area (Å²) in [5, 5.41) is 7.47. The lowest BCUT2D eigenvalue weighted by atomic mass is 9.84. The molecule has 1 aromatic heterocycles. The summed E-state index contributed by atoms with van der Waals surface area (Å²) in [6, 6.07) is 42.2. The van der Waals surface area contributed by atoms with Crippen LogP contribution >= 0.6 is 0 Å². The first-order valence-corrected chi connectivity index (χ1v) is 12.7. The van der Waals surface area contributed by atoms with E-state index in [4.69, 9.17) is 4.98 Å². The number of hydrogen-bond donors (Lipinski definition) is 0. The molecule has 37 heavy (non-hydrogen) atoms. The predicted molar refractivity (Wildman–Crippen MR) is 155 cm³/mol. The Labute approximate surface area is 214 Å². The van der Waals surface area contributed by atoms with Crippen molar-refractivity contribution in [2.45, 2.75) is 0 Å². The molecule has 0 fully saturated rings. The zero-order chi connectivity index (χ0) is 24.1. The van der Waals surface area contributed by atoms with Gasteiger partial charge >= 0.3 is 0 Å². The Balaban J connectivity index is 1.57. The summed E-state index contributed by atoms with van der Waals surface area (Å²) in [6.07, 6.45) is 1.95. The molecule has 7 aromatic rings. The van der Waals surface area contributed by atoms with Crippen molar-refractivity contribution < 1.29 is 0 Å². The van der Waals surface area contributed by atoms with Crippen molar-refractivity contribution in [3.8, 4) is 33.5 Å². The third-order valence-electron chi connectivity index (χ3n) is 8.12. The second-order valence-corrected chi connectivity index (χ2v) is 10.00. The molecule has 6 aromatic carbocycles. The number of hydrogen-bond acceptors (Lipinski definition) is 2. The van der Waals surface area contributed by atoms with Crippen LogP contribution in [0.4, 0.5) is 17.1 Å². The standard InChI is InChI=1S/C35H20N2/c1-2-8-24-20-31-29(19-23(24)7-1)34-33-22(17-18-36-34)15-16-28-27-13-6-10-21-9-5-12-26(32(21)27)25-11-3-4-14-30(25)37(31)35(28)33/h1-20H. The zero-order valence-electron chi connectivity index (χ0n) is 19.9. The van der Waals surface area contributed by atoms with Crippen molar-refractivity contribution in [2.75, 3.05) is 4.90 Å². The molecule has 0 aliphatic carbocycles. The molecule has 0 radical (unpaired) electrons. The Kier molecular flexibility index (Phi) is 3.56. The lowest BCUT2D eigenvalue weighted by molar-refractivity contribution is 1.26. The van der Waals surface area contributed by atoms with E-state index >= 15 is 0 Å². The van der Waals surface area contributed by atoms with E-state index in [1.165, 1.54) is 77.2 Å². The molecular weight excluding hydrogens is 448 g/mol. The molecule has 2 nitrogen and oxygen atoms in total. The Morgan fingerprint density at radius 3 is 1.97 bits per heavy atom. The highest BCUT2D eigenvalue weighted by atomic mass is 15.2. The van der Waals surface area contributed by atoms with Crippen LogP contribution in [0.1, 0.15) is 0 Å². The number of rotatable bonds is 0. The van der Waals surface area contributed by atoms with Gasteiger partial charge in [-0.15, -0.1) is 0 Å². The number of para-hydroxylation sites is 1. The molecule has 2 heteroatoms. The molecule has 9 rings (SSSR count). The Hall–Kier alpha value is -4.95. The summed E-state index contributed by atoms with van der Waals surface area (Å²) in [5.74, 6) is 0. The first-order chi connectivity index (χ1) is 18.4. The molecular formula is C35H20N2. The second kappa shape index (κ2) is 6.83. The highest BCUT2D eigenvalue weighted by Crippen LogP contribution is 2.58. The van der Waals surface area contributed by atoms with Crippen LogP contribution < -0.4 is 4.90 Å². The Morgan fingerprint density at radius 1 is 0.432 bits per heavy atom. The first-order valence-electron chi connectivity index (χ1n) is 12.7. The fourth-order valence-electron chi connectivity index (χ4n) is 6.56. The SMILES string of the molecule is c1ccc2c(c1)-c1cccc3cccc(c13)-c1ccc3ccnc4c3c1N2c1cc2ccccc2cc1-4. The summed E-state index contributed by atoms with van der Waals surface area (Å²) in [4.78, 5) is 7.49. The van der Waals surface area contributed by atoms with Gasteiger partial charge < -0.3 is 4.90 Å². The summed E-state index contributed by atoms with van der Waals surface area (Å²) >= 11 is 0. The third kappa shape index (κ3) is 2.42. The van der Waals surface area contributed by atoms with Gasteiger partial charge in [-0.05, 0) is 62.3 Å². The van der Waals surface area contributed by atoms with Gasteiger partial charge in [0.15, 0.2) is 0 Å². The van der Waals surface area contributed by atoms with Gasteiger partial charge in [-0.1, -0.05) is 91.0 Å². The third-order valence-corrected chi connectivity index (χ3v) is 8.12. The lowest BCUT2D eigenvalue weighted by Crippen LogP contribution is -2.18. The van der Waals surface area contributed by atoms with Crippen molar-refractivity contribution in [1.82, 2.24) is 4.98 Å². The monoisotopic (exact) mass is 468 g/mol. The van der Waals surface area contributed by atoms with E-state index in [1.54, 1.807) is 0 Å². The lowest BCUT2D eigenvalue weighted by Gasteiger charge is -2.37. The zero-order valence-corrected chi connectivity index (χ0v) is 19.9. The van der Waals surface area contributed by atoms with Gasteiger partial charge in [-0.25, -0.2) is 0 Å². The van der Waals surface area contributed by atoms with Crippen molar-refractivity contribution in [1.29, 1.82) is 0 Å². The van der Waals surface area contributed by atoms with E-state index in [9.17, 15) is 0 Å². The molecule has 170 valence electrons. The molecule has 0 saturated heterocycles.